The number of rotatable bonds is 6. The number of guanidine groups is 1. The number of hydrogen-bond acceptors (Lipinski definition) is 3. The van der Waals surface area contributed by atoms with Crippen molar-refractivity contribution >= 4 is 35.6 Å². The van der Waals surface area contributed by atoms with Crippen molar-refractivity contribution in [2.24, 2.45) is 10.7 Å². The van der Waals surface area contributed by atoms with Gasteiger partial charge in [-0.3, -0.25) is 4.99 Å². The van der Waals surface area contributed by atoms with E-state index in [0.717, 1.165) is 24.3 Å². The molecule has 0 aromatic heterocycles. The summed E-state index contributed by atoms with van der Waals surface area (Å²) >= 11 is 0. The highest BCUT2D eigenvalue weighted by atomic mass is 127. The minimum atomic E-state index is 0. The van der Waals surface area contributed by atoms with Crippen molar-refractivity contribution in [1.82, 2.24) is 0 Å². The molecule has 0 radical (unpaired) electrons. The molecule has 2 aromatic rings. The van der Waals surface area contributed by atoms with E-state index >= 15 is 0 Å². The highest BCUT2D eigenvalue weighted by Crippen LogP contribution is 2.16. The molecule has 0 bridgehead atoms. The van der Waals surface area contributed by atoms with Gasteiger partial charge >= 0.3 is 0 Å². The Hall–Kier alpha value is -1.96. The molecule has 0 amide bonds. The number of aromatic hydroxyl groups is 1. The van der Waals surface area contributed by atoms with Crippen molar-refractivity contribution in [3.05, 3.63) is 54.1 Å². The number of hydrogen-bond donors (Lipinski definition) is 3. The second kappa shape index (κ2) is 9.94. The molecule has 0 saturated carbocycles. The van der Waals surface area contributed by atoms with Crippen LogP contribution in [-0.4, -0.2) is 24.7 Å². The topological polar surface area (TPSA) is 79.9 Å². The normalized spacial score (nSPS) is 10.7. The number of ether oxygens (including phenoxy) is 1. The van der Waals surface area contributed by atoms with Crippen molar-refractivity contribution in [2.45, 2.75) is 12.8 Å². The van der Waals surface area contributed by atoms with Gasteiger partial charge in [0.15, 0.2) is 5.96 Å². The van der Waals surface area contributed by atoms with E-state index in [1.165, 1.54) is 5.56 Å². The van der Waals surface area contributed by atoms with E-state index in [-0.39, 0.29) is 29.7 Å². The first-order valence-corrected chi connectivity index (χ1v) is 7.16. The van der Waals surface area contributed by atoms with E-state index in [1.807, 2.05) is 36.4 Å². The van der Waals surface area contributed by atoms with Crippen LogP contribution in [0.2, 0.25) is 0 Å². The number of benzene rings is 2. The second-order valence-corrected chi connectivity index (χ2v) is 4.89. The number of phenolic OH excluding ortho intramolecular Hbond substituents is 1. The Labute approximate surface area is 153 Å². The molecule has 0 aliphatic rings. The number of aryl methyl sites for hydroxylation is 1. The van der Waals surface area contributed by atoms with Gasteiger partial charge in [-0.25, -0.2) is 0 Å². The molecule has 0 saturated heterocycles. The summed E-state index contributed by atoms with van der Waals surface area (Å²) in [7, 11) is 1.62. The fourth-order valence-electron chi connectivity index (χ4n) is 2.03. The molecule has 124 valence electrons. The van der Waals surface area contributed by atoms with E-state index in [0.29, 0.717) is 12.5 Å². The summed E-state index contributed by atoms with van der Waals surface area (Å²) in [5, 5.41) is 12.3. The summed E-state index contributed by atoms with van der Waals surface area (Å²) < 4.78 is 5.15. The van der Waals surface area contributed by atoms with Gasteiger partial charge in [0.25, 0.3) is 0 Å². The largest absolute Gasteiger partial charge is 0.508 e. The monoisotopic (exact) mass is 427 g/mol. The molecular weight excluding hydrogens is 405 g/mol. The fourth-order valence-corrected chi connectivity index (χ4v) is 2.03. The lowest BCUT2D eigenvalue weighted by molar-refractivity contribution is 0.415. The first-order valence-electron chi connectivity index (χ1n) is 7.16. The number of nitrogens with zero attached hydrogens (tertiary/aromatic N) is 1. The van der Waals surface area contributed by atoms with Gasteiger partial charge in [0.05, 0.1) is 7.11 Å². The van der Waals surface area contributed by atoms with Crippen molar-refractivity contribution < 1.29 is 9.84 Å². The van der Waals surface area contributed by atoms with Gasteiger partial charge in [-0.05, 0) is 42.7 Å². The molecule has 5 nitrogen and oxygen atoms in total. The molecule has 0 fully saturated rings. The summed E-state index contributed by atoms with van der Waals surface area (Å²) in [6, 6.07) is 14.7. The van der Waals surface area contributed by atoms with Gasteiger partial charge in [0.2, 0.25) is 0 Å². The van der Waals surface area contributed by atoms with Crippen LogP contribution in [0, 0.1) is 0 Å². The van der Waals surface area contributed by atoms with Gasteiger partial charge in [0, 0.05) is 18.3 Å². The Morgan fingerprint density at radius 2 is 1.96 bits per heavy atom. The summed E-state index contributed by atoms with van der Waals surface area (Å²) in [6.45, 7) is 0.643. The SMILES string of the molecule is COc1cccc(NC(N)=NCCCc2ccc(O)cc2)c1.I. The first kappa shape index (κ1) is 19.1. The van der Waals surface area contributed by atoms with E-state index in [4.69, 9.17) is 10.5 Å². The molecule has 0 heterocycles. The first-order chi connectivity index (χ1) is 10.7. The second-order valence-electron chi connectivity index (χ2n) is 4.89. The predicted molar refractivity (Wildman–Crippen MR) is 105 cm³/mol. The minimum Gasteiger partial charge on any atom is -0.508 e. The van der Waals surface area contributed by atoms with Crippen LogP contribution in [-0.2, 0) is 6.42 Å². The third-order valence-corrected chi connectivity index (χ3v) is 3.18. The summed E-state index contributed by atoms with van der Waals surface area (Å²) in [4.78, 5) is 4.30. The van der Waals surface area contributed by atoms with Crippen LogP contribution >= 0.6 is 24.0 Å². The number of nitrogens with two attached hydrogens (primary N) is 1. The van der Waals surface area contributed by atoms with E-state index in [1.54, 1.807) is 19.2 Å². The number of aliphatic imine (C=N–C) groups is 1. The van der Waals surface area contributed by atoms with Gasteiger partial charge in [-0.2, -0.15) is 0 Å². The maximum atomic E-state index is 9.22. The third-order valence-electron chi connectivity index (χ3n) is 3.18. The van der Waals surface area contributed by atoms with Crippen molar-refractivity contribution in [2.75, 3.05) is 19.0 Å². The molecule has 23 heavy (non-hydrogen) atoms. The highest BCUT2D eigenvalue weighted by molar-refractivity contribution is 14.0. The van der Waals surface area contributed by atoms with Gasteiger partial charge in [-0.15, -0.1) is 24.0 Å². The summed E-state index contributed by atoms with van der Waals surface area (Å²) in [5.74, 6) is 1.44. The minimum absolute atomic E-state index is 0. The van der Waals surface area contributed by atoms with E-state index < -0.39 is 0 Å². The molecule has 2 rings (SSSR count). The standard InChI is InChI=1S/C17H21N3O2.HI/c1-22-16-6-2-5-14(12-16)20-17(18)19-11-3-4-13-7-9-15(21)10-8-13;/h2,5-10,12,21H,3-4,11H2,1H3,(H3,18,19,20);1H. The maximum Gasteiger partial charge on any atom is 0.193 e. The third kappa shape index (κ3) is 6.77. The predicted octanol–water partition coefficient (Wildman–Crippen LogP) is 3.38. The quantitative estimate of drug-likeness (QED) is 0.286. The molecule has 2 aromatic carbocycles. The van der Waals surface area contributed by atoms with Crippen LogP contribution < -0.4 is 15.8 Å². The Balaban J connectivity index is 0.00000264. The zero-order chi connectivity index (χ0) is 15.8. The lowest BCUT2D eigenvalue weighted by Crippen LogP contribution is -2.22. The Morgan fingerprint density at radius 1 is 1.22 bits per heavy atom. The smallest absolute Gasteiger partial charge is 0.193 e. The van der Waals surface area contributed by atoms with E-state index in [9.17, 15) is 5.11 Å². The fraction of sp³-hybridized carbons (Fsp3) is 0.235. The number of halogens is 1. The van der Waals surface area contributed by atoms with Gasteiger partial charge in [0.1, 0.15) is 11.5 Å². The van der Waals surface area contributed by atoms with Crippen LogP contribution in [0.25, 0.3) is 0 Å². The number of nitrogens with one attached hydrogen (secondary N) is 1. The average molecular weight is 427 g/mol. The number of phenols is 1. The number of anilines is 1. The Kier molecular flexibility index (Phi) is 8.25. The summed E-state index contributed by atoms with van der Waals surface area (Å²) in [6.07, 6.45) is 1.79. The van der Waals surface area contributed by atoms with Crippen LogP contribution in [0.5, 0.6) is 11.5 Å². The van der Waals surface area contributed by atoms with Crippen LogP contribution in [0.4, 0.5) is 5.69 Å². The molecule has 0 atom stereocenters. The molecule has 0 aliphatic carbocycles. The van der Waals surface area contributed by atoms with Gasteiger partial charge < -0.3 is 20.9 Å². The molecule has 4 N–H and O–H groups in total. The molecule has 0 unspecified atom stereocenters. The maximum absolute atomic E-state index is 9.22. The van der Waals surface area contributed by atoms with Crippen molar-refractivity contribution in [3.8, 4) is 11.5 Å². The van der Waals surface area contributed by atoms with Crippen molar-refractivity contribution in [3.63, 3.8) is 0 Å². The Bertz CT molecular complexity index is 630. The highest BCUT2D eigenvalue weighted by Gasteiger charge is 1.98. The molecular formula is C17H22IN3O2. The molecule has 0 spiro atoms. The zero-order valence-corrected chi connectivity index (χ0v) is 15.4. The van der Waals surface area contributed by atoms with Crippen LogP contribution in [0.15, 0.2) is 53.5 Å². The van der Waals surface area contributed by atoms with Gasteiger partial charge in [-0.1, -0.05) is 18.2 Å². The zero-order valence-electron chi connectivity index (χ0n) is 13.0. The van der Waals surface area contributed by atoms with Crippen LogP contribution in [0.1, 0.15) is 12.0 Å². The average Bonchev–Trinajstić information content (AvgIpc) is 2.53. The molecule has 0 aliphatic heterocycles. The summed E-state index contributed by atoms with van der Waals surface area (Å²) in [5.41, 5.74) is 7.88. The lowest BCUT2D eigenvalue weighted by Gasteiger charge is -2.07. The van der Waals surface area contributed by atoms with Crippen molar-refractivity contribution in [1.29, 1.82) is 0 Å². The van der Waals surface area contributed by atoms with Crippen LogP contribution in [0.3, 0.4) is 0 Å². The number of methoxy groups -OCH3 is 1. The molecule has 6 heteroatoms. The Morgan fingerprint density at radius 3 is 2.65 bits per heavy atom. The lowest BCUT2D eigenvalue weighted by atomic mass is 10.1. The van der Waals surface area contributed by atoms with E-state index in [2.05, 4.69) is 10.3 Å².